The monoisotopic (exact) mass is 285 g/mol. The standard InChI is InChI=1S/C17H16ClNO/c18-12-7-11-5-6-20-17(11)15(9-12)16(19)14-8-10-3-1-2-4-13(10)14/h1-4,7,9,14,16H,5-6,8,19H2. The van der Waals surface area contributed by atoms with Crippen LogP contribution in [0.15, 0.2) is 36.4 Å². The predicted molar refractivity (Wildman–Crippen MR) is 80.5 cm³/mol. The van der Waals surface area contributed by atoms with E-state index in [0.29, 0.717) is 5.92 Å². The second-order valence-electron chi connectivity index (χ2n) is 5.62. The zero-order valence-electron chi connectivity index (χ0n) is 11.1. The summed E-state index contributed by atoms with van der Waals surface area (Å²) in [6.07, 6.45) is 1.97. The molecule has 2 aromatic rings. The first-order valence-corrected chi connectivity index (χ1v) is 7.40. The van der Waals surface area contributed by atoms with Crippen molar-refractivity contribution in [1.29, 1.82) is 0 Å². The lowest BCUT2D eigenvalue weighted by atomic mass is 9.72. The quantitative estimate of drug-likeness (QED) is 0.915. The molecule has 1 aliphatic carbocycles. The number of hydrogen-bond donors (Lipinski definition) is 1. The van der Waals surface area contributed by atoms with E-state index in [1.54, 1.807) is 0 Å². The van der Waals surface area contributed by atoms with Crippen molar-refractivity contribution in [2.45, 2.75) is 24.8 Å². The Morgan fingerprint density at radius 3 is 2.90 bits per heavy atom. The van der Waals surface area contributed by atoms with Gasteiger partial charge in [-0.1, -0.05) is 35.9 Å². The zero-order valence-corrected chi connectivity index (χ0v) is 11.9. The first kappa shape index (κ1) is 12.2. The van der Waals surface area contributed by atoms with E-state index in [2.05, 4.69) is 24.3 Å². The molecule has 2 aliphatic rings. The summed E-state index contributed by atoms with van der Waals surface area (Å²) in [7, 11) is 0. The van der Waals surface area contributed by atoms with Crippen LogP contribution in [0.4, 0.5) is 0 Å². The lowest BCUT2D eigenvalue weighted by Gasteiger charge is -2.35. The number of ether oxygens (including phenoxy) is 1. The molecule has 2 atom stereocenters. The van der Waals surface area contributed by atoms with Gasteiger partial charge in [0.25, 0.3) is 0 Å². The molecular formula is C17H16ClNO. The molecule has 3 heteroatoms. The van der Waals surface area contributed by atoms with Crippen molar-refractivity contribution < 1.29 is 4.74 Å². The third kappa shape index (κ3) is 1.75. The van der Waals surface area contributed by atoms with Crippen LogP contribution in [0.2, 0.25) is 5.02 Å². The Balaban J connectivity index is 1.73. The van der Waals surface area contributed by atoms with Crippen molar-refractivity contribution in [2.75, 3.05) is 6.61 Å². The Hall–Kier alpha value is -1.51. The molecule has 0 aromatic heterocycles. The van der Waals surface area contributed by atoms with Crippen molar-refractivity contribution >= 4 is 11.6 Å². The van der Waals surface area contributed by atoms with E-state index in [4.69, 9.17) is 22.1 Å². The minimum atomic E-state index is -0.0459. The molecule has 0 radical (unpaired) electrons. The van der Waals surface area contributed by atoms with E-state index >= 15 is 0 Å². The summed E-state index contributed by atoms with van der Waals surface area (Å²) < 4.78 is 5.77. The Kier molecular flexibility index (Phi) is 2.76. The van der Waals surface area contributed by atoms with E-state index in [-0.39, 0.29) is 6.04 Å². The SMILES string of the molecule is NC(c1cc(Cl)cc2c1OCC2)C1Cc2ccccc21. The molecule has 0 amide bonds. The molecule has 1 aliphatic heterocycles. The molecule has 2 aromatic carbocycles. The third-order valence-corrected chi connectivity index (χ3v) is 4.68. The van der Waals surface area contributed by atoms with E-state index in [0.717, 1.165) is 35.8 Å². The number of hydrogen-bond acceptors (Lipinski definition) is 2. The van der Waals surface area contributed by atoms with Crippen molar-refractivity contribution in [3.05, 3.63) is 63.7 Å². The molecule has 0 bridgehead atoms. The van der Waals surface area contributed by atoms with Crippen LogP contribution >= 0.6 is 11.6 Å². The Morgan fingerprint density at radius 2 is 2.05 bits per heavy atom. The highest BCUT2D eigenvalue weighted by molar-refractivity contribution is 6.30. The smallest absolute Gasteiger partial charge is 0.127 e. The van der Waals surface area contributed by atoms with E-state index in [1.807, 2.05) is 12.1 Å². The average Bonchev–Trinajstić information content (AvgIpc) is 2.87. The third-order valence-electron chi connectivity index (χ3n) is 4.46. The fourth-order valence-electron chi connectivity index (χ4n) is 3.38. The maximum absolute atomic E-state index is 6.52. The summed E-state index contributed by atoms with van der Waals surface area (Å²) in [4.78, 5) is 0. The maximum Gasteiger partial charge on any atom is 0.127 e. The minimum absolute atomic E-state index is 0.0459. The fraction of sp³-hybridized carbons (Fsp3) is 0.294. The normalized spacial score (nSPS) is 20.6. The van der Waals surface area contributed by atoms with Crippen molar-refractivity contribution in [3.63, 3.8) is 0 Å². The van der Waals surface area contributed by atoms with Crippen LogP contribution in [0.3, 0.4) is 0 Å². The summed E-state index contributed by atoms with van der Waals surface area (Å²) >= 11 is 6.23. The van der Waals surface area contributed by atoms with Crippen LogP contribution in [0.5, 0.6) is 5.75 Å². The van der Waals surface area contributed by atoms with Gasteiger partial charge in [0.2, 0.25) is 0 Å². The molecular weight excluding hydrogens is 270 g/mol. The molecule has 0 saturated heterocycles. The molecule has 102 valence electrons. The second-order valence-corrected chi connectivity index (χ2v) is 6.05. The van der Waals surface area contributed by atoms with Crippen molar-refractivity contribution in [3.8, 4) is 5.75 Å². The van der Waals surface area contributed by atoms with E-state index < -0.39 is 0 Å². The van der Waals surface area contributed by atoms with E-state index in [1.165, 1.54) is 16.7 Å². The highest BCUT2D eigenvalue weighted by Gasteiger charge is 2.34. The molecule has 2 N–H and O–H groups in total. The molecule has 1 heterocycles. The molecule has 2 unspecified atom stereocenters. The van der Waals surface area contributed by atoms with Gasteiger partial charge in [-0.2, -0.15) is 0 Å². The van der Waals surface area contributed by atoms with Crippen LogP contribution < -0.4 is 10.5 Å². The first-order valence-electron chi connectivity index (χ1n) is 7.02. The predicted octanol–water partition coefficient (Wildman–Crippen LogP) is 3.61. The second kappa shape index (κ2) is 4.51. The van der Waals surface area contributed by atoms with Gasteiger partial charge in [0.05, 0.1) is 6.61 Å². The Labute approximate surface area is 123 Å². The van der Waals surface area contributed by atoms with Gasteiger partial charge in [-0.3, -0.25) is 0 Å². The number of rotatable bonds is 2. The fourth-order valence-corrected chi connectivity index (χ4v) is 3.63. The summed E-state index contributed by atoms with van der Waals surface area (Å²) in [5.74, 6) is 1.34. The Morgan fingerprint density at radius 1 is 1.20 bits per heavy atom. The van der Waals surface area contributed by atoms with Gasteiger partial charge in [-0.05, 0) is 35.2 Å². The number of halogens is 1. The summed E-state index contributed by atoms with van der Waals surface area (Å²) in [5.41, 5.74) is 11.5. The highest BCUT2D eigenvalue weighted by atomic mass is 35.5. The van der Waals surface area contributed by atoms with Crippen molar-refractivity contribution in [2.24, 2.45) is 5.73 Å². The topological polar surface area (TPSA) is 35.2 Å². The van der Waals surface area contributed by atoms with Crippen LogP contribution in [0.1, 0.15) is 34.2 Å². The first-order chi connectivity index (χ1) is 9.74. The van der Waals surface area contributed by atoms with Crippen LogP contribution in [0.25, 0.3) is 0 Å². The summed E-state index contributed by atoms with van der Waals surface area (Å²) in [5, 5.41) is 0.757. The van der Waals surface area contributed by atoms with Gasteiger partial charge in [0.15, 0.2) is 0 Å². The summed E-state index contributed by atoms with van der Waals surface area (Å²) in [6, 6.07) is 12.4. The van der Waals surface area contributed by atoms with Gasteiger partial charge >= 0.3 is 0 Å². The number of benzene rings is 2. The number of nitrogens with two attached hydrogens (primary N) is 1. The molecule has 0 fully saturated rings. The van der Waals surface area contributed by atoms with E-state index in [9.17, 15) is 0 Å². The number of fused-ring (bicyclic) bond motifs is 2. The van der Waals surface area contributed by atoms with Gasteiger partial charge in [0, 0.05) is 29.0 Å². The lowest BCUT2D eigenvalue weighted by molar-refractivity contribution is 0.347. The molecule has 4 rings (SSSR count). The molecule has 0 saturated carbocycles. The highest BCUT2D eigenvalue weighted by Crippen LogP contribution is 2.46. The van der Waals surface area contributed by atoms with Gasteiger partial charge < -0.3 is 10.5 Å². The Bertz CT molecular complexity index is 683. The lowest BCUT2D eigenvalue weighted by Crippen LogP contribution is -2.29. The van der Waals surface area contributed by atoms with Crippen molar-refractivity contribution in [1.82, 2.24) is 0 Å². The average molecular weight is 286 g/mol. The van der Waals surface area contributed by atoms with Gasteiger partial charge in [0.1, 0.15) is 5.75 Å². The molecule has 20 heavy (non-hydrogen) atoms. The van der Waals surface area contributed by atoms with Crippen LogP contribution in [0, 0.1) is 0 Å². The molecule has 2 nitrogen and oxygen atoms in total. The van der Waals surface area contributed by atoms with Crippen LogP contribution in [-0.4, -0.2) is 6.61 Å². The summed E-state index contributed by atoms with van der Waals surface area (Å²) in [6.45, 7) is 0.733. The van der Waals surface area contributed by atoms with Gasteiger partial charge in [-0.25, -0.2) is 0 Å². The maximum atomic E-state index is 6.52. The van der Waals surface area contributed by atoms with Crippen LogP contribution in [-0.2, 0) is 12.8 Å². The molecule has 0 spiro atoms. The largest absolute Gasteiger partial charge is 0.493 e. The van der Waals surface area contributed by atoms with Gasteiger partial charge in [-0.15, -0.1) is 0 Å². The minimum Gasteiger partial charge on any atom is -0.493 e. The zero-order chi connectivity index (χ0) is 13.7.